The molecule has 2 N–H and O–H groups in total. The van der Waals surface area contributed by atoms with Crippen LogP contribution < -0.4 is 5.73 Å². The normalized spacial score (nSPS) is 14.5. The molecule has 0 radical (unpaired) electrons. The van der Waals surface area contributed by atoms with Crippen molar-refractivity contribution in [2.75, 3.05) is 18.8 Å². The first-order valence-corrected chi connectivity index (χ1v) is 7.36. The summed E-state index contributed by atoms with van der Waals surface area (Å²) >= 11 is 0. The number of benzene rings is 2. The molecule has 2 aromatic carbocycles. The molecule has 0 aliphatic carbocycles. The minimum absolute atomic E-state index is 0.591. The van der Waals surface area contributed by atoms with Crippen LogP contribution in [0.1, 0.15) is 23.6 Å². The van der Waals surface area contributed by atoms with Gasteiger partial charge in [0.1, 0.15) is 6.07 Å². The number of fused-ring (bicyclic) bond motifs is 1. The molecule has 0 fully saturated rings. The van der Waals surface area contributed by atoms with Gasteiger partial charge in [0.2, 0.25) is 0 Å². The molecular weight excluding hydrogens is 258 g/mol. The number of nitrogens with two attached hydrogens (primary N) is 1. The number of anilines is 1. The Balaban J connectivity index is 2.21. The van der Waals surface area contributed by atoms with Crippen LogP contribution in [0.5, 0.6) is 0 Å². The average Bonchev–Trinajstić information content (AvgIpc) is 2.54. The third kappa shape index (κ3) is 2.39. The quantitative estimate of drug-likeness (QED) is 0.858. The third-order valence-corrected chi connectivity index (χ3v) is 4.28. The van der Waals surface area contributed by atoms with Gasteiger partial charge in [0.05, 0.1) is 11.3 Å². The van der Waals surface area contributed by atoms with E-state index in [1.807, 2.05) is 24.3 Å². The lowest BCUT2D eigenvalue weighted by Gasteiger charge is -2.30. The van der Waals surface area contributed by atoms with E-state index in [1.165, 1.54) is 16.7 Å². The van der Waals surface area contributed by atoms with Crippen molar-refractivity contribution < 1.29 is 0 Å². The molecule has 1 aliphatic heterocycles. The maximum atomic E-state index is 9.45. The Hall–Kier alpha value is -2.31. The van der Waals surface area contributed by atoms with Crippen molar-refractivity contribution in [3.05, 3.63) is 53.1 Å². The average molecular weight is 277 g/mol. The molecule has 0 aromatic heterocycles. The summed E-state index contributed by atoms with van der Waals surface area (Å²) < 4.78 is 0. The molecule has 3 nitrogen and oxygen atoms in total. The first-order chi connectivity index (χ1) is 10.2. The molecule has 3 rings (SSSR count). The summed E-state index contributed by atoms with van der Waals surface area (Å²) in [4.78, 5) is 2.36. The van der Waals surface area contributed by atoms with Crippen LogP contribution in [0.25, 0.3) is 11.1 Å². The van der Waals surface area contributed by atoms with Gasteiger partial charge in [0, 0.05) is 13.1 Å². The molecule has 106 valence electrons. The fourth-order valence-electron chi connectivity index (χ4n) is 3.11. The van der Waals surface area contributed by atoms with E-state index in [4.69, 9.17) is 5.73 Å². The van der Waals surface area contributed by atoms with E-state index in [-0.39, 0.29) is 0 Å². The molecule has 0 bridgehead atoms. The van der Waals surface area contributed by atoms with Crippen LogP contribution in [0.3, 0.4) is 0 Å². The first kappa shape index (κ1) is 13.7. The van der Waals surface area contributed by atoms with E-state index >= 15 is 0 Å². The highest BCUT2D eigenvalue weighted by Crippen LogP contribution is 2.35. The predicted molar refractivity (Wildman–Crippen MR) is 85.7 cm³/mol. The molecule has 21 heavy (non-hydrogen) atoms. The summed E-state index contributed by atoms with van der Waals surface area (Å²) in [6, 6.07) is 14.6. The molecular formula is C18H19N3. The number of nitriles is 1. The van der Waals surface area contributed by atoms with Gasteiger partial charge in [0.15, 0.2) is 0 Å². The molecule has 2 aromatic rings. The molecule has 3 heteroatoms. The van der Waals surface area contributed by atoms with E-state index in [0.29, 0.717) is 11.3 Å². The summed E-state index contributed by atoms with van der Waals surface area (Å²) in [7, 11) is 0. The van der Waals surface area contributed by atoms with Crippen LogP contribution in [0, 0.1) is 11.3 Å². The van der Waals surface area contributed by atoms with Crippen molar-refractivity contribution in [3.8, 4) is 17.2 Å². The highest BCUT2D eigenvalue weighted by molar-refractivity contribution is 5.77. The lowest BCUT2D eigenvalue weighted by molar-refractivity contribution is 0.268. The van der Waals surface area contributed by atoms with Crippen LogP contribution >= 0.6 is 0 Å². The van der Waals surface area contributed by atoms with Gasteiger partial charge in [-0.3, -0.25) is 4.90 Å². The van der Waals surface area contributed by atoms with E-state index < -0.39 is 0 Å². The van der Waals surface area contributed by atoms with Crippen molar-refractivity contribution >= 4 is 5.69 Å². The van der Waals surface area contributed by atoms with Crippen LogP contribution in [0.4, 0.5) is 5.69 Å². The summed E-state index contributed by atoms with van der Waals surface area (Å²) in [6.07, 6.45) is 0.975. The van der Waals surface area contributed by atoms with E-state index in [0.717, 1.165) is 31.6 Å². The second kappa shape index (κ2) is 5.59. The highest BCUT2D eigenvalue weighted by Gasteiger charge is 2.23. The summed E-state index contributed by atoms with van der Waals surface area (Å²) in [5, 5.41) is 9.45. The Morgan fingerprint density at radius 3 is 2.67 bits per heavy atom. The van der Waals surface area contributed by atoms with Gasteiger partial charge in [-0.25, -0.2) is 0 Å². The fraction of sp³-hybridized carbons (Fsp3) is 0.278. The van der Waals surface area contributed by atoms with Crippen LogP contribution in [-0.4, -0.2) is 18.0 Å². The minimum Gasteiger partial charge on any atom is -0.398 e. The molecule has 1 heterocycles. The zero-order valence-electron chi connectivity index (χ0n) is 12.3. The predicted octanol–water partition coefficient (Wildman–Crippen LogP) is 3.19. The van der Waals surface area contributed by atoms with Gasteiger partial charge in [-0.1, -0.05) is 37.3 Å². The van der Waals surface area contributed by atoms with Crippen molar-refractivity contribution in [1.82, 2.24) is 4.90 Å². The SMILES string of the molecule is CCN1CCc2c(-c3ccccc3)cc(N)c(C#N)c2C1. The molecule has 0 amide bonds. The van der Waals surface area contributed by atoms with E-state index in [9.17, 15) is 5.26 Å². The lowest BCUT2D eigenvalue weighted by atomic mass is 9.87. The zero-order chi connectivity index (χ0) is 14.8. The van der Waals surface area contributed by atoms with Crippen LogP contribution in [0.15, 0.2) is 36.4 Å². The van der Waals surface area contributed by atoms with Crippen molar-refractivity contribution in [2.45, 2.75) is 19.9 Å². The van der Waals surface area contributed by atoms with Gasteiger partial charge in [-0.05, 0) is 41.3 Å². The molecule has 0 saturated heterocycles. The summed E-state index contributed by atoms with van der Waals surface area (Å²) in [6.45, 7) is 5.01. The van der Waals surface area contributed by atoms with Gasteiger partial charge in [0.25, 0.3) is 0 Å². The Bertz CT molecular complexity index is 699. The monoisotopic (exact) mass is 277 g/mol. The standard InChI is InChI=1S/C18H19N3/c1-2-21-9-8-14-15(13-6-4-3-5-7-13)10-18(20)16(11-19)17(14)12-21/h3-7,10H,2,8-9,12,20H2,1H3. The van der Waals surface area contributed by atoms with Gasteiger partial charge < -0.3 is 5.73 Å². The summed E-state index contributed by atoms with van der Waals surface area (Å²) in [5.74, 6) is 0. The third-order valence-electron chi connectivity index (χ3n) is 4.28. The Morgan fingerprint density at radius 1 is 1.24 bits per heavy atom. The van der Waals surface area contributed by atoms with Gasteiger partial charge in [-0.2, -0.15) is 5.26 Å². The molecule has 0 unspecified atom stereocenters. The van der Waals surface area contributed by atoms with Gasteiger partial charge in [-0.15, -0.1) is 0 Å². The number of likely N-dealkylation sites (N-methyl/N-ethyl adjacent to an activating group) is 1. The smallest absolute Gasteiger partial charge is 0.102 e. The maximum Gasteiger partial charge on any atom is 0.102 e. The Labute approximate surface area is 125 Å². The molecule has 1 aliphatic rings. The van der Waals surface area contributed by atoms with Crippen molar-refractivity contribution in [2.24, 2.45) is 0 Å². The minimum atomic E-state index is 0.591. The number of hydrogen-bond donors (Lipinski definition) is 1. The summed E-state index contributed by atoms with van der Waals surface area (Å²) in [5.41, 5.74) is 12.1. The molecule has 0 saturated carbocycles. The maximum absolute atomic E-state index is 9.45. The number of hydrogen-bond acceptors (Lipinski definition) is 3. The van der Waals surface area contributed by atoms with E-state index in [2.05, 4.69) is 30.0 Å². The topological polar surface area (TPSA) is 53.0 Å². The zero-order valence-corrected chi connectivity index (χ0v) is 12.3. The second-order valence-corrected chi connectivity index (χ2v) is 5.44. The van der Waals surface area contributed by atoms with Gasteiger partial charge >= 0.3 is 0 Å². The van der Waals surface area contributed by atoms with Crippen LogP contribution in [0.2, 0.25) is 0 Å². The number of nitrogens with zero attached hydrogens (tertiary/aromatic N) is 2. The lowest BCUT2D eigenvalue weighted by Crippen LogP contribution is -2.31. The molecule has 0 atom stereocenters. The Morgan fingerprint density at radius 2 is 2.00 bits per heavy atom. The number of nitrogen functional groups attached to an aromatic ring is 1. The number of rotatable bonds is 2. The van der Waals surface area contributed by atoms with Crippen molar-refractivity contribution in [1.29, 1.82) is 5.26 Å². The van der Waals surface area contributed by atoms with Crippen LogP contribution in [-0.2, 0) is 13.0 Å². The van der Waals surface area contributed by atoms with Crippen molar-refractivity contribution in [3.63, 3.8) is 0 Å². The molecule has 0 spiro atoms. The highest BCUT2D eigenvalue weighted by atomic mass is 15.1. The second-order valence-electron chi connectivity index (χ2n) is 5.44. The largest absolute Gasteiger partial charge is 0.398 e. The fourth-order valence-corrected chi connectivity index (χ4v) is 3.11. The Kier molecular flexibility index (Phi) is 3.64. The van der Waals surface area contributed by atoms with E-state index in [1.54, 1.807) is 0 Å². The first-order valence-electron chi connectivity index (χ1n) is 7.36.